The molecule has 12 heteroatoms. The Morgan fingerprint density at radius 1 is 1.05 bits per heavy atom. The molecule has 226 valence electrons. The van der Waals surface area contributed by atoms with Crippen LogP contribution in [0.25, 0.3) is 28.1 Å². The lowest BCUT2D eigenvalue weighted by molar-refractivity contribution is -0.117. The van der Waals surface area contributed by atoms with E-state index in [0.717, 1.165) is 16.5 Å². The number of aryl methyl sites for hydroxylation is 2. The Hall–Kier alpha value is -5.23. The zero-order valence-electron chi connectivity index (χ0n) is 25.3. The molecule has 5 rings (SSSR count). The van der Waals surface area contributed by atoms with Crippen LogP contribution in [0.5, 0.6) is 0 Å². The van der Waals surface area contributed by atoms with Crippen molar-refractivity contribution in [2.45, 2.75) is 40.3 Å². The summed E-state index contributed by atoms with van der Waals surface area (Å²) in [7, 11) is 3.19. The monoisotopic (exact) mass is 596 g/mol. The van der Waals surface area contributed by atoms with Gasteiger partial charge in [0.25, 0.3) is 11.5 Å². The fourth-order valence-electron chi connectivity index (χ4n) is 5.11. The number of benzene rings is 2. The lowest BCUT2D eigenvalue weighted by atomic mass is 10.0. The maximum atomic E-state index is 14.0. The molecule has 0 aliphatic rings. The Balaban J connectivity index is 1.66. The maximum absolute atomic E-state index is 14.0. The van der Waals surface area contributed by atoms with Gasteiger partial charge in [0.05, 0.1) is 30.0 Å². The zero-order valence-corrected chi connectivity index (χ0v) is 25.3. The molecule has 0 spiro atoms. The molecule has 11 nitrogen and oxygen atoms in total. The highest BCUT2D eigenvalue weighted by atomic mass is 19.1. The molecule has 0 saturated heterocycles. The van der Waals surface area contributed by atoms with Gasteiger partial charge in [-0.3, -0.25) is 19.0 Å². The predicted molar refractivity (Wildman–Crippen MR) is 167 cm³/mol. The van der Waals surface area contributed by atoms with Gasteiger partial charge < -0.3 is 20.5 Å². The Bertz CT molecular complexity index is 1980. The van der Waals surface area contributed by atoms with Crippen LogP contribution in [0.4, 0.5) is 10.1 Å². The van der Waals surface area contributed by atoms with E-state index in [-0.39, 0.29) is 24.0 Å². The predicted octanol–water partition coefficient (Wildman–Crippen LogP) is 3.66. The van der Waals surface area contributed by atoms with Gasteiger partial charge >= 0.3 is 0 Å². The van der Waals surface area contributed by atoms with Crippen LogP contribution in [-0.2, 0) is 11.3 Å². The Labute approximate surface area is 253 Å². The second kappa shape index (κ2) is 12.2. The first-order valence-electron chi connectivity index (χ1n) is 14.0. The molecule has 0 unspecified atom stereocenters. The summed E-state index contributed by atoms with van der Waals surface area (Å²) in [5, 5.41) is 8.92. The van der Waals surface area contributed by atoms with Crippen LogP contribution < -0.4 is 21.5 Å². The summed E-state index contributed by atoms with van der Waals surface area (Å²) in [4.78, 5) is 53.0. The first-order valence-corrected chi connectivity index (χ1v) is 14.0. The second-order valence-electron chi connectivity index (χ2n) is 10.6. The average Bonchev–Trinajstić information content (AvgIpc) is 3.33. The van der Waals surface area contributed by atoms with Gasteiger partial charge in [-0.25, -0.2) is 19.3 Å². The molecule has 2 aromatic carbocycles. The minimum absolute atomic E-state index is 0.000940. The summed E-state index contributed by atoms with van der Waals surface area (Å²) in [6.45, 7) is 7.10. The standard InChI is InChI=1S/C32H33FN8O3/c1-17-15-40(27-11-10-21(33)12-25(17)27)28-13-22(37-20(4)38-28)16-41-29(23-8-7-9-24(18(23)2)31(43)35-6)36-14-26(32(41)44)39-30(42)19(3)34-5/h7-15,19,34H,16H2,1-6H3,(H,35,43)(H,39,42)/t19-/m0/s1. The summed E-state index contributed by atoms with van der Waals surface area (Å²) in [6.07, 6.45) is 3.20. The van der Waals surface area contributed by atoms with Crippen LogP contribution in [0.3, 0.4) is 0 Å². The van der Waals surface area contributed by atoms with Gasteiger partial charge in [-0.05, 0) is 70.1 Å². The number of amides is 2. The molecule has 0 aliphatic carbocycles. The molecular formula is C32H33FN8O3. The number of rotatable bonds is 8. The number of carbonyl (C=O) groups excluding carboxylic acids is 2. The lowest BCUT2D eigenvalue weighted by Crippen LogP contribution is -2.38. The molecule has 0 aliphatic heterocycles. The highest BCUT2D eigenvalue weighted by Gasteiger charge is 2.21. The average molecular weight is 597 g/mol. The summed E-state index contributed by atoms with van der Waals surface area (Å²) in [6, 6.07) is 11.0. The highest BCUT2D eigenvalue weighted by Crippen LogP contribution is 2.27. The molecule has 5 aromatic rings. The Kier molecular flexibility index (Phi) is 8.36. The SMILES string of the molecule is CNC(=O)c1cccc(-c2ncc(NC(=O)[C@H](C)NC)c(=O)n2Cc2cc(-n3cc(C)c4cc(F)ccc43)nc(C)n2)c1C. The molecule has 3 heterocycles. The molecule has 0 bridgehead atoms. The number of hydrogen-bond donors (Lipinski definition) is 3. The number of hydrogen-bond acceptors (Lipinski definition) is 7. The summed E-state index contributed by atoms with van der Waals surface area (Å²) in [5.41, 5.74) is 3.32. The third-order valence-corrected chi connectivity index (χ3v) is 7.59. The number of aromatic nitrogens is 5. The van der Waals surface area contributed by atoms with E-state index >= 15 is 0 Å². The van der Waals surface area contributed by atoms with Crippen LogP contribution in [0, 0.1) is 26.6 Å². The fourth-order valence-corrected chi connectivity index (χ4v) is 5.11. The van der Waals surface area contributed by atoms with Gasteiger partial charge in [-0.1, -0.05) is 12.1 Å². The third-order valence-electron chi connectivity index (χ3n) is 7.59. The van der Waals surface area contributed by atoms with Crippen LogP contribution in [0.2, 0.25) is 0 Å². The molecular weight excluding hydrogens is 563 g/mol. The van der Waals surface area contributed by atoms with Crippen molar-refractivity contribution in [2.75, 3.05) is 19.4 Å². The van der Waals surface area contributed by atoms with Gasteiger partial charge in [-0.15, -0.1) is 0 Å². The van der Waals surface area contributed by atoms with E-state index in [4.69, 9.17) is 0 Å². The number of anilines is 1. The van der Waals surface area contributed by atoms with Crippen molar-refractivity contribution in [2.24, 2.45) is 0 Å². The van der Waals surface area contributed by atoms with Crippen molar-refractivity contribution in [3.05, 3.63) is 99.2 Å². The van der Waals surface area contributed by atoms with Crippen molar-refractivity contribution in [1.82, 2.24) is 34.7 Å². The van der Waals surface area contributed by atoms with Crippen molar-refractivity contribution >= 4 is 28.4 Å². The van der Waals surface area contributed by atoms with Gasteiger partial charge in [-0.2, -0.15) is 0 Å². The highest BCUT2D eigenvalue weighted by molar-refractivity contribution is 5.97. The fraction of sp³-hybridized carbons (Fsp3) is 0.250. The van der Waals surface area contributed by atoms with E-state index in [1.54, 1.807) is 65.2 Å². The number of fused-ring (bicyclic) bond motifs is 1. The first-order chi connectivity index (χ1) is 21.0. The Morgan fingerprint density at radius 3 is 2.55 bits per heavy atom. The van der Waals surface area contributed by atoms with E-state index < -0.39 is 17.5 Å². The van der Waals surface area contributed by atoms with Crippen molar-refractivity contribution in [3.63, 3.8) is 0 Å². The quantitative estimate of drug-likeness (QED) is 0.249. The minimum atomic E-state index is -0.547. The van der Waals surface area contributed by atoms with E-state index in [1.165, 1.54) is 22.9 Å². The minimum Gasteiger partial charge on any atom is -0.355 e. The van der Waals surface area contributed by atoms with E-state index in [2.05, 4.69) is 30.9 Å². The van der Waals surface area contributed by atoms with E-state index in [9.17, 15) is 18.8 Å². The molecule has 1 atom stereocenters. The molecule has 3 N–H and O–H groups in total. The van der Waals surface area contributed by atoms with Crippen molar-refractivity contribution < 1.29 is 14.0 Å². The van der Waals surface area contributed by atoms with Gasteiger partial charge in [0.2, 0.25) is 5.91 Å². The molecule has 0 saturated carbocycles. The zero-order chi connectivity index (χ0) is 31.7. The number of likely N-dealkylation sites (N-methyl/N-ethyl adjacent to an activating group) is 1. The summed E-state index contributed by atoms with van der Waals surface area (Å²) in [5.74, 6) is 0.317. The van der Waals surface area contributed by atoms with Gasteiger partial charge in [0, 0.05) is 35.8 Å². The molecule has 0 fully saturated rings. The van der Waals surface area contributed by atoms with Crippen molar-refractivity contribution in [1.29, 1.82) is 0 Å². The van der Waals surface area contributed by atoms with E-state index in [0.29, 0.717) is 39.9 Å². The topological polar surface area (TPSA) is 136 Å². The number of nitrogens with zero attached hydrogens (tertiary/aromatic N) is 5. The molecule has 3 aromatic heterocycles. The van der Waals surface area contributed by atoms with Crippen LogP contribution in [0.15, 0.2) is 59.7 Å². The van der Waals surface area contributed by atoms with E-state index in [1.807, 2.05) is 17.7 Å². The van der Waals surface area contributed by atoms with Gasteiger partial charge in [0.15, 0.2) is 0 Å². The molecule has 44 heavy (non-hydrogen) atoms. The molecule has 2 amide bonds. The number of nitrogens with one attached hydrogen (secondary N) is 3. The maximum Gasteiger partial charge on any atom is 0.277 e. The van der Waals surface area contributed by atoms with Gasteiger partial charge in [0.1, 0.15) is 29.0 Å². The Morgan fingerprint density at radius 2 is 1.82 bits per heavy atom. The normalized spacial score (nSPS) is 11.9. The number of halogens is 1. The lowest BCUT2D eigenvalue weighted by Gasteiger charge is -2.18. The first kappa shape index (κ1) is 30.2. The van der Waals surface area contributed by atoms with Crippen LogP contribution in [-0.4, -0.2) is 56.0 Å². The summed E-state index contributed by atoms with van der Waals surface area (Å²) < 4.78 is 17.3. The van der Waals surface area contributed by atoms with Crippen molar-refractivity contribution in [3.8, 4) is 17.2 Å². The summed E-state index contributed by atoms with van der Waals surface area (Å²) >= 11 is 0. The second-order valence-corrected chi connectivity index (χ2v) is 10.6. The third kappa shape index (κ3) is 5.71. The number of carbonyl (C=O) groups is 2. The van der Waals surface area contributed by atoms with Crippen LogP contribution in [0.1, 0.15) is 39.9 Å². The molecule has 0 radical (unpaired) electrons. The van der Waals surface area contributed by atoms with Crippen LogP contribution >= 0.6 is 0 Å². The largest absolute Gasteiger partial charge is 0.355 e. The smallest absolute Gasteiger partial charge is 0.277 e.